The normalized spacial score (nSPS) is 18.0. The average molecular weight is 380 g/mol. The van der Waals surface area contributed by atoms with Crippen LogP contribution in [0.15, 0.2) is 65.1 Å². The average Bonchev–Trinajstić information content (AvgIpc) is 2.93. The van der Waals surface area contributed by atoms with Crippen LogP contribution < -0.4 is 0 Å². The molecule has 1 aliphatic rings. The Morgan fingerprint density at radius 1 is 1.04 bits per heavy atom. The van der Waals surface area contributed by atoms with Crippen molar-refractivity contribution in [3.05, 3.63) is 65.1 Å². The molecule has 1 aromatic heterocycles. The number of hydrogen-bond acceptors (Lipinski definition) is 1. The van der Waals surface area contributed by atoms with Crippen molar-refractivity contribution in [3.8, 4) is 11.3 Å². The number of benzene rings is 2. The Morgan fingerprint density at radius 3 is 2.58 bits per heavy atom. The second-order valence-electron chi connectivity index (χ2n) is 6.52. The molecule has 0 saturated heterocycles. The van der Waals surface area contributed by atoms with Gasteiger partial charge in [-0.25, -0.2) is 0 Å². The molecule has 0 saturated carbocycles. The number of para-hydroxylation sites is 1. The summed E-state index contributed by atoms with van der Waals surface area (Å²) in [5.41, 5.74) is 4.50. The fraction of sp³-hybridized carbons (Fsp3) is 0.190. The van der Waals surface area contributed by atoms with Crippen LogP contribution >= 0.6 is 15.9 Å². The van der Waals surface area contributed by atoms with Crippen molar-refractivity contribution in [1.82, 2.24) is 4.57 Å². The van der Waals surface area contributed by atoms with Gasteiger partial charge in [0.1, 0.15) is 0 Å². The van der Waals surface area contributed by atoms with Crippen molar-refractivity contribution in [1.29, 1.82) is 0 Å². The van der Waals surface area contributed by atoms with E-state index in [9.17, 15) is 4.79 Å². The van der Waals surface area contributed by atoms with Gasteiger partial charge in [-0.3, -0.25) is 4.79 Å². The monoisotopic (exact) mass is 379 g/mol. The molecule has 120 valence electrons. The second kappa shape index (κ2) is 6.06. The van der Waals surface area contributed by atoms with Gasteiger partial charge in [0, 0.05) is 33.6 Å². The van der Waals surface area contributed by atoms with E-state index >= 15 is 0 Å². The Hall–Kier alpha value is -2.13. The van der Waals surface area contributed by atoms with E-state index in [1.165, 1.54) is 5.39 Å². The van der Waals surface area contributed by atoms with Gasteiger partial charge in [0.2, 0.25) is 0 Å². The number of halogens is 1. The summed E-state index contributed by atoms with van der Waals surface area (Å²) in [4.78, 5) is 12.1. The minimum Gasteiger partial charge on any atom is -0.313 e. The Labute approximate surface area is 149 Å². The van der Waals surface area contributed by atoms with Crippen LogP contribution in [0.3, 0.4) is 0 Å². The molecule has 3 heteroatoms. The molecule has 4 rings (SSSR count). The molecule has 2 nitrogen and oxygen atoms in total. The van der Waals surface area contributed by atoms with Crippen molar-refractivity contribution in [2.75, 3.05) is 0 Å². The number of fused-ring (bicyclic) bond motifs is 1. The highest BCUT2D eigenvalue weighted by Crippen LogP contribution is 2.37. The van der Waals surface area contributed by atoms with Gasteiger partial charge < -0.3 is 4.57 Å². The molecule has 0 N–H and O–H groups in total. The summed E-state index contributed by atoms with van der Waals surface area (Å²) in [5, 5.41) is 1.19. The molecule has 2 aromatic carbocycles. The molecule has 24 heavy (non-hydrogen) atoms. The third kappa shape index (κ3) is 2.63. The van der Waals surface area contributed by atoms with Gasteiger partial charge in [0.05, 0.1) is 11.2 Å². The van der Waals surface area contributed by atoms with E-state index in [0.717, 1.165) is 33.4 Å². The maximum absolute atomic E-state index is 12.1. The first-order valence-electron chi connectivity index (χ1n) is 8.22. The molecule has 1 atom stereocenters. The SMILES string of the molecule is CC1CC(=O)C=C(n2c(-c3ccccc3Br)cc3ccccc32)C1. The lowest BCUT2D eigenvalue weighted by Crippen LogP contribution is -2.14. The summed E-state index contributed by atoms with van der Waals surface area (Å²) < 4.78 is 3.31. The first-order chi connectivity index (χ1) is 11.6. The van der Waals surface area contributed by atoms with Crippen LogP contribution in [-0.2, 0) is 4.79 Å². The summed E-state index contributed by atoms with van der Waals surface area (Å²) in [7, 11) is 0. The molecule has 1 unspecified atom stereocenters. The molecule has 0 spiro atoms. The van der Waals surface area contributed by atoms with Crippen molar-refractivity contribution < 1.29 is 4.79 Å². The van der Waals surface area contributed by atoms with Gasteiger partial charge in [-0.05, 0) is 30.5 Å². The van der Waals surface area contributed by atoms with Gasteiger partial charge in [-0.2, -0.15) is 0 Å². The predicted molar refractivity (Wildman–Crippen MR) is 103 cm³/mol. The van der Waals surface area contributed by atoms with Gasteiger partial charge in [0.15, 0.2) is 5.78 Å². The topological polar surface area (TPSA) is 22.0 Å². The summed E-state index contributed by atoms with van der Waals surface area (Å²) in [5.74, 6) is 0.602. The number of carbonyl (C=O) groups is 1. The number of allylic oxidation sites excluding steroid dienone is 2. The molecule has 0 radical (unpaired) electrons. The van der Waals surface area contributed by atoms with Crippen LogP contribution in [0.25, 0.3) is 27.9 Å². The lowest BCUT2D eigenvalue weighted by Gasteiger charge is -2.22. The van der Waals surface area contributed by atoms with Crippen LogP contribution in [0.1, 0.15) is 19.8 Å². The lowest BCUT2D eigenvalue weighted by atomic mass is 9.92. The number of rotatable bonds is 2. The van der Waals surface area contributed by atoms with Crippen molar-refractivity contribution in [3.63, 3.8) is 0 Å². The Balaban J connectivity index is 2.01. The molecule has 1 aliphatic carbocycles. The first kappa shape index (κ1) is 15.4. The van der Waals surface area contributed by atoms with E-state index in [0.29, 0.717) is 12.3 Å². The Bertz CT molecular complexity index is 967. The molecule has 0 fully saturated rings. The lowest BCUT2D eigenvalue weighted by molar-refractivity contribution is -0.115. The molecule has 1 heterocycles. The van der Waals surface area contributed by atoms with Crippen molar-refractivity contribution in [2.24, 2.45) is 5.92 Å². The number of aromatic nitrogens is 1. The number of hydrogen-bond donors (Lipinski definition) is 0. The summed E-state index contributed by atoms with van der Waals surface area (Å²) in [6, 6.07) is 18.8. The summed E-state index contributed by atoms with van der Waals surface area (Å²) in [6.07, 6.45) is 3.39. The van der Waals surface area contributed by atoms with Crippen LogP contribution in [0.2, 0.25) is 0 Å². The Morgan fingerprint density at radius 2 is 1.79 bits per heavy atom. The molecule has 0 aliphatic heterocycles. The Kier molecular flexibility index (Phi) is 3.89. The largest absolute Gasteiger partial charge is 0.313 e. The van der Waals surface area contributed by atoms with Gasteiger partial charge in [-0.1, -0.05) is 59.3 Å². The number of ketones is 1. The fourth-order valence-corrected chi connectivity index (χ4v) is 4.05. The van der Waals surface area contributed by atoms with E-state index in [-0.39, 0.29) is 5.78 Å². The first-order valence-corrected chi connectivity index (χ1v) is 9.02. The predicted octanol–water partition coefficient (Wildman–Crippen LogP) is 5.91. The van der Waals surface area contributed by atoms with Gasteiger partial charge >= 0.3 is 0 Å². The molecular formula is C21H18BrNO. The zero-order valence-corrected chi connectivity index (χ0v) is 15.1. The van der Waals surface area contributed by atoms with Crippen LogP contribution in [0, 0.1) is 5.92 Å². The molecule has 0 amide bonds. The quantitative estimate of drug-likeness (QED) is 0.542. The highest BCUT2D eigenvalue weighted by atomic mass is 79.9. The zero-order chi connectivity index (χ0) is 16.7. The van der Waals surface area contributed by atoms with Crippen molar-refractivity contribution >= 4 is 38.3 Å². The minimum atomic E-state index is 0.222. The van der Waals surface area contributed by atoms with E-state index in [1.54, 1.807) is 0 Å². The maximum atomic E-state index is 12.1. The highest BCUT2D eigenvalue weighted by molar-refractivity contribution is 9.10. The van der Waals surface area contributed by atoms with E-state index in [4.69, 9.17) is 0 Å². The van der Waals surface area contributed by atoms with Crippen molar-refractivity contribution in [2.45, 2.75) is 19.8 Å². The van der Waals surface area contributed by atoms with E-state index in [2.05, 4.69) is 69.9 Å². The van der Waals surface area contributed by atoms with E-state index in [1.807, 2.05) is 18.2 Å². The third-order valence-electron chi connectivity index (χ3n) is 4.58. The standard InChI is InChI=1S/C21H18BrNO/c1-14-10-16(13-17(24)11-14)23-20-9-5-2-6-15(20)12-21(23)18-7-3-4-8-19(18)22/h2-9,12-14H,10-11H2,1H3. The fourth-order valence-electron chi connectivity index (χ4n) is 3.56. The zero-order valence-electron chi connectivity index (χ0n) is 13.5. The highest BCUT2D eigenvalue weighted by Gasteiger charge is 2.22. The minimum absolute atomic E-state index is 0.222. The number of nitrogens with zero attached hydrogens (tertiary/aromatic N) is 1. The van der Waals surface area contributed by atoms with Gasteiger partial charge in [0.25, 0.3) is 0 Å². The third-order valence-corrected chi connectivity index (χ3v) is 5.27. The molecule has 3 aromatic rings. The summed E-state index contributed by atoms with van der Waals surface area (Å²) in [6.45, 7) is 2.15. The molecular weight excluding hydrogens is 362 g/mol. The number of carbonyl (C=O) groups excluding carboxylic acids is 1. The second-order valence-corrected chi connectivity index (χ2v) is 7.37. The molecule has 0 bridgehead atoms. The van der Waals surface area contributed by atoms with Crippen LogP contribution in [-0.4, -0.2) is 10.4 Å². The van der Waals surface area contributed by atoms with E-state index < -0.39 is 0 Å². The van der Waals surface area contributed by atoms with Crippen LogP contribution in [0.4, 0.5) is 0 Å². The smallest absolute Gasteiger partial charge is 0.157 e. The van der Waals surface area contributed by atoms with Crippen LogP contribution in [0.5, 0.6) is 0 Å². The maximum Gasteiger partial charge on any atom is 0.157 e. The summed E-state index contributed by atoms with van der Waals surface area (Å²) >= 11 is 3.67. The van der Waals surface area contributed by atoms with Gasteiger partial charge in [-0.15, -0.1) is 0 Å².